The number of hydrogen-bond acceptors (Lipinski definition) is 2. The second-order valence-electron chi connectivity index (χ2n) is 3.60. The molecular weight excluding hydrogens is 223 g/mol. The van der Waals surface area contributed by atoms with E-state index in [9.17, 15) is 9.18 Å². The highest BCUT2D eigenvalue weighted by Gasteiger charge is 2.09. The van der Waals surface area contributed by atoms with Crippen molar-refractivity contribution >= 4 is 17.7 Å². The van der Waals surface area contributed by atoms with Crippen LogP contribution in [0.25, 0.3) is 0 Å². The van der Waals surface area contributed by atoms with Gasteiger partial charge >= 0.3 is 6.03 Å². The Kier molecular flexibility index (Phi) is 4.03. The van der Waals surface area contributed by atoms with Gasteiger partial charge in [0, 0.05) is 12.7 Å². The number of nitrogens with one attached hydrogen (secondary N) is 2. The van der Waals surface area contributed by atoms with Gasteiger partial charge < -0.3 is 11.1 Å². The Balaban J connectivity index is 2.85. The fourth-order valence-electron chi connectivity index (χ4n) is 1.42. The van der Waals surface area contributed by atoms with Crippen molar-refractivity contribution < 1.29 is 9.18 Å². The summed E-state index contributed by atoms with van der Waals surface area (Å²) in [4.78, 5) is 15.1. The highest BCUT2D eigenvalue weighted by molar-refractivity contribution is 6.02. The largest absolute Gasteiger partial charge is 0.370 e. The molecule has 0 bridgehead atoms. The lowest BCUT2D eigenvalue weighted by atomic mass is 10.1. The quantitative estimate of drug-likeness (QED) is 0.512. The molecule has 0 saturated heterocycles. The molecule has 0 radical (unpaired) electrons. The van der Waals surface area contributed by atoms with E-state index in [0.717, 1.165) is 0 Å². The zero-order valence-electron chi connectivity index (χ0n) is 9.97. The Bertz CT molecular complexity index is 448. The Morgan fingerprint density at radius 1 is 1.35 bits per heavy atom. The molecule has 0 aromatic heterocycles. The molecule has 0 atom stereocenters. The van der Waals surface area contributed by atoms with Gasteiger partial charge in [-0.1, -0.05) is 0 Å². The molecule has 5 nitrogen and oxygen atoms in total. The minimum Gasteiger partial charge on any atom is -0.370 e. The number of nitrogens with two attached hydrogens (primary N) is 1. The predicted octanol–water partition coefficient (Wildman–Crippen LogP) is 1.51. The van der Waals surface area contributed by atoms with Crippen LogP contribution in [0, 0.1) is 19.7 Å². The topological polar surface area (TPSA) is 79.5 Å². The fraction of sp³-hybridized carbons (Fsp3) is 0.273. The van der Waals surface area contributed by atoms with Gasteiger partial charge in [-0.15, -0.1) is 0 Å². The SMILES string of the molecule is CN=C(N)NC(=O)Nc1c(C)cc(F)cc1C. The zero-order valence-corrected chi connectivity index (χ0v) is 9.97. The number of nitrogens with zero attached hydrogens (tertiary/aromatic N) is 1. The highest BCUT2D eigenvalue weighted by atomic mass is 19.1. The van der Waals surface area contributed by atoms with Crippen LogP contribution in [-0.2, 0) is 0 Å². The van der Waals surface area contributed by atoms with Gasteiger partial charge in [-0.25, -0.2) is 9.18 Å². The molecule has 0 spiro atoms. The van der Waals surface area contributed by atoms with Crippen LogP contribution in [0.1, 0.15) is 11.1 Å². The number of anilines is 1. The van der Waals surface area contributed by atoms with E-state index in [-0.39, 0.29) is 11.8 Å². The molecule has 6 heteroatoms. The molecule has 1 rings (SSSR count). The molecule has 0 aliphatic rings. The maximum atomic E-state index is 13.0. The number of benzene rings is 1. The molecule has 0 heterocycles. The normalized spacial score (nSPS) is 11.2. The number of guanidine groups is 1. The molecule has 0 unspecified atom stereocenters. The lowest BCUT2D eigenvalue weighted by molar-refractivity contribution is 0.256. The average molecular weight is 238 g/mol. The van der Waals surface area contributed by atoms with Gasteiger partial charge in [-0.3, -0.25) is 10.3 Å². The molecule has 0 saturated carbocycles. The number of urea groups is 1. The Labute approximate surface area is 98.9 Å². The number of aryl methyl sites for hydroxylation is 2. The van der Waals surface area contributed by atoms with Crippen LogP contribution in [0.15, 0.2) is 17.1 Å². The summed E-state index contributed by atoms with van der Waals surface area (Å²) in [5, 5.41) is 4.92. The fourth-order valence-corrected chi connectivity index (χ4v) is 1.42. The molecule has 1 aromatic rings. The molecule has 4 N–H and O–H groups in total. The molecule has 17 heavy (non-hydrogen) atoms. The highest BCUT2D eigenvalue weighted by Crippen LogP contribution is 2.21. The summed E-state index contributed by atoms with van der Waals surface area (Å²) in [5.74, 6) is -0.319. The van der Waals surface area contributed by atoms with Gasteiger partial charge in [0.2, 0.25) is 0 Å². The molecular formula is C11H15FN4O. The Morgan fingerprint density at radius 3 is 2.35 bits per heavy atom. The number of amides is 2. The summed E-state index contributed by atoms with van der Waals surface area (Å²) in [6.45, 7) is 3.42. The van der Waals surface area contributed by atoms with Crippen molar-refractivity contribution in [3.63, 3.8) is 0 Å². The van der Waals surface area contributed by atoms with Crippen LogP contribution in [0.3, 0.4) is 0 Å². The number of rotatable bonds is 1. The van der Waals surface area contributed by atoms with E-state index in [1.54, 1.807) is 13.8 Å². The summed E-state index contributed by atoms with van der Waals surface area (Å²) < 4.78 is 13.0. The monoisotopic (exact) mass is 238 g/mol. The van der Waals surface area contributed by atoms with Gasteiger partial charge in [0.15, 0.2) is 5.96 Å². The number of hydrogen-bond donors (Lipinski definition) is 3. The van der Waals surface area contributed by atoms with Crippen LogP contribution in [0.2, 0.25) is 0 Å². The maximum Gasteiger partial charge on any atom is 0.326 e. The number of halogens is 1. The summed E-state index contributed by atoms with van der Waals surface area (Å²) in [6.07, 6.45) is 0. The van der Waals surface area contributed by atoms with Crippen LogP contribution in [0.4, 0.5) is 14.9 Å². The van der Waals surface area contributed by atoms with E-state index < -0.39 is 6.03 Å². The van der Waals surface area contributed by atoms with Crippen LogP contribution >= 0.6 is 0 Å². The first-order chi connectivity index (χ1) is 7.93. The number of carbonyl (C=O) groups is 1. The number of aliphatic imine (C=N–C) groups is 1. The Hall–Kier alpha value is -2.11. The molecule has 0 aliphatic heterocycles. The summed E-state index contributed by atoms with van der Waals surface area (Å²) in [5.41, 5.74) is 7.19. The first kappa shape index (κ1) is 13.0. The Morgan fingerprint density at radius 2 is 1.88 bits per heavy atom. The van der Waals surface area contributed by atoms with Crippen molar-refractivity contribution in [2.45, 2.75) is 13.8 Å². The summed E-state index contributed by atoms with van der Waals surface area (Å²) in [7, 11) is 1.46. The van der Waals surface area contributed by atoms with Crippen LogP contribution in [-0.4, -0.2) is 19.0 Å². The van der Waals surface area contributed by atoms with E-state index in [1.165, 1.54) is 19.2 Å². The van der Waals surface area contributed by atoms with Gasteiger partial charge in [0.1, 0.15) is 5.82 Å². The number of carbonyl (C=O) groups excluding carboxylic acids is 1. The molecule has 92 valence electrons. The molecule has 0 fully saturated rings. The molecule has 1 aromatic carbocycles. The second kappa shape index (κ2) is 5.29. The van der Waals surface area contributed by atoms with Gasteiger partial charge in [0.25, 0.3) is 0 Å². The first-order valence-corrected chi connectivity index (χ1v) is 5.01. The third-order valence-corrected chi connectivity index (χ3v) is 2.22. The zero-order chi connectivity index (χ0) is 13.0. The van der Waals surface area contributed by atoms with Crippen molar-refractivity contribution in [2.75, 3.05) is 12.4 Å². The maximum absolute atomic E-state index is 13.0. The van der Waals surface area contributed by atoms with E-state index in [0.29, 0.717) is 16.8 Å². The second-order valence-corrected chi connectivity index (χ2v) is 3.60. The van der Waals surface area contributed by atoms with Crippen LogP contribution < -0.4 is 16.4 Å². The van der Waals surface area contributed by atoms with Crippen LogP contribution in [0.5, 0.6) is 0 Å². The van der Waals surface area contributed by atoms with E-state index in [1.807, 2.05) is 0 Å². The lowest BCUT2D eigenvalue weighted by Gasteiger charge is -2.12. The minimum absolute atomic E-state index is 0.0138. The smallest absolute Gasteiger partial charge is 0.326 e. The van der Waals surface area contributed by atoms with Crippen molar-refractivity contribution in [3.05, 3.63) is 29.1 Å². The van der Waals surface area contributed by atoms with E-state index in [4.69, 9.17) is 5.73 Å². The van der Waals surface area contributed by atoms with Gasteiger partial charge in [-0.2, -0.15) is 0 Å². The van der Waals surface area contributed by atoms with Crippen molar-refractivity contribution in [3.8, 4) is 0 Å². The summed E-state index contributed by atoms with van der Waals surface area (Å²) >= 11 is 0. The van der Waals surface area contributed by atoms with Crippen molar-refractivity contribution in [1.29, 1.82) is 0 Å². The molecule has 0 aliphatic carbocycles. The van der Waals surface area contributed by atoms with E-state index >= 15 is 0 Å². The molecule has 2 amide bonds. The minimum atomic E-state index is -0.508. The third kappa shape index (κ3) is 3.44. The third-order valence-electron chi connectivity index (χ3n) is 2.22. The van der Waals surface area contributed by atoms with Crippen molar-refractivity contribution in [2.24, 2.45) is 10.7 Å². The first-order valence-electron chi connectivity index (χ1n) is 5.01. The lowest BCUT2D eigenvalue weighted by Crippen LogP contribution is -2.39. The summed E-state index contributed by atoms with van der Waals surface area (Å²) in [6, 6.07) is 2.19. The standard InChI is InChI=1S/C11H15FN4O/c1-6-4-8(12)5-7(2)9(6)15-11(17)16-10(13)14-3/h4-5H,1-3H3,(H4,13,14,15,16,17). The van der Waals surface area contributed by atoms with Gasteiger partial charge in [0.05, 0.1) is 0 Å². The predicted molar refractivity (Wildman–Crippen MR) is 65.6 cm³/mol. The van der Waals surface area contributed by atoms with E-state index in [2.05, 4.69) is 15.6 Å². The average Bonchev–Trinajstić information content (AvgIpc) is 2.23. The van der Waals surface area contributed by atoms with Crippen molar-refractivity contribution in [1.82, 2.24) is 5.32 Å². The van der Waals surface area contributed by atoms with Gasteiger partial charge in [-0.05, 0) is 37.1 Å².